The fourth-order valence-electron chi connectivity index (χ4n) is 4.07. The van der Waals surface area contributed by atoms with Crippen molar-refractivity contribution in [2.75, 3.05) is 26.9 Å². The molecule has 1 fully saturated rings. The number of piperidine rings is 1. The molecule has 4 rings (SSSR count). The Hall–Kier alpha value is -2.21. The Bertz CT molecular complexity index is 733. The van der Waals surface area contributed by atoms with E-state index in [0.29, 0.717) is 19.3 Å². The van der Waals surface area contributed by atoms with Gasteiger partial charge in [0.25, 0.3) is 0 Å². The molecule has 3 heterocycles. The van der Waals surface area contributed by atoms with Crippen molar-refractivity contribution in [3.05, 3.63) is 36.2 Å². The Morgan fingerprint density at radius 2 is 2.00 bits per heavy atom. The lowest BCUT2D eigenvalue weighted by molar-refractivity contribution is 0.126. The monoisotopic (exact) mass is 371 g/mol. The van der Waals surface area contributed by atoms with Gasteiger partial charge in [0.2, 0.25) is 0 Å². The molecule has 0 bridgehead atoms. The van der Waals surface area contributed by atoms with Crippen LogP contribution in [0.2, 0.25) is 0 Å². The molecule has 1 aromatic heterocycles. The Kier molecular flexibility index (Phi) is 5.82. The van der Waals surface area contributed by atoms with Crippen LogP contribution in [-0.4, -0.2) is 47.6 Å². The highest BCUT2D eigenvalue weighted by Crippen LogP contribution is 2.37. The van der Waals surface area contributed by atoms with E-state index in [-0.39, 0.29) is 0 Å². The summed E-state index contributed by atoms with van der Waals surface area (Å²) in [6.07, 6.45) is 9.72. The first-order chi connectivity index (χ1) is 13.3. The number of aromatic nitrogens is 2. The first-order valence-electron chi connectivity index (χ1n) is 10.0. The number of ether oxygens (including phenoxy) is 3. The van der Waals surface area contributed by atoms with Crippen molar-refractivity contribution in [1.29, 1.82) is 0 Å². The molecule has 0 saturated carbocycles. The number of likely N-dealkylation sites (tertiary alicyclic amines) is 1. The molecule has 0 N–H and O–H groups in total. The summed E-state index contributed by atoms with van der Waals surface area (Å²) in [5.41, 5.74) is 1.17. The van der Waals surface area contributed by atoms with E-state index >= 15 is 0 Å². The van der Waals surface area contributed by atoms with Crippen LogP contribution in [0.15, 0.2) is 30.6 Å². The van der Waals surface area contributed by atoms with Crippen LogP contribution in [0.5, 0.6) is 17.2 Å². The van der Waals surface area contributed by atoms with Gasteiger partial charge in [0.05, 0.1) is 20.3 Å². The lowest BCUT2D eigenvalue weighted by Crippen LogP contribution is -2.39. The average molecular weight is 371 g/mol. The number of aryl methyl sites for hydroxylation is 1. The largest absolute Gasteiger partial charge is 0.496 e. The molecule has 146 valence electrons. The van der Waals surface area contributed by atoms with Gasteiger partial charge in [0.1, 0.15) is 5.75 Å². The minimum atomic E-state index is 0.573. The van der Waals surface area contributed by atoms with Gasteiger partial charge < -0.3 is 14.2 Å². The molecule has 0 aliphatic carbocycles. The minimum absolute atomic E-state index is 0.573. The van der Waals surface area contributed by atoms with Gasteiger partial charge in [0.15, 0.2) is 11.5 Å². The van der Waals surface area contributed by atoms with Crippen molar-refractivity contribution < 1.29 is 14.2 Å². The standard InChI is InChI=1S/C21H29N3O3/c1-25-19-15-21-20(26-12-5-13-27-21)14-17(19)16-23-9-3-2-6-18(23)7-11-24-10-4-8-22-24/h4,8,10,14-15,18H,2-3,5-7,9,11-13,16H2,1H3/t18-/m1/s1. The van der Waals surface area contributed by atoms with Crippen molar-refractivity contribution in [3.63, 3.8) is 0 Å². The first-order valence-corrected chi connectivity index (χ1v) is 10.0. The molecule has 2 aromatic rings. The highest BCUT2D eigenvalue weighted by molar-refractivity contribution is 5.51. The number of rotatable bonds is 6. The van der Waals surface area contributed by atoms with E-state index in [9.17, 15) is 0 Å². The maximum atomic E-state index is 5.89. The van der Waals surface area contributed by atoms with E-state index in [4.69, 9.17) is 14.2 Å². The molecule has 2 aliphatic rings. The van der Waals surface area contributed by atoms with Crippen LogP contribution in [0.3, 0.4) is 0 Å². The lowest BCUT2D eigenvalue weighted by atomic mass is 9.98. The molecule has 2 aliphatic heterocycles. The smallest absolute Gasteiger partial charge is 0.164 e. The summed E-state index contributed by atoms with van der Waals surface area (Å²) < 4.78 is 19.4. The van der Waals surface area contributed by atoms with Crippen molar-refractivity contribution >= 4 is 0 Å². The van der Waals surface area contributed by atoms with Gasteiger partial charge in [-0.15, -0.1) is 0 Å². The normalized spacial score (nSPS) is 20.3. The highest BCUT2D eigenvalue weighted by Gasteiger charge is 2.24. The van der Waals surface area contributed by atoms with Gasteiger partial charge >= 0.3 is 0 Å². The number of methoxy groups -OCH3 is 1. The van der Waals surface area contributed by atoms with E-state index in [1.807, 2.05) is 29.2 Å². The molecule has 6 nitrogen and oxygen atoms in total. The minimum Gasteiger partial charge on any atom is -0.496 e. The predicted octanol–water partition coefficient (Wildman–Crippen LogP) is 3.50. The van der Waals surface area contributed by atoms with Gasteiger partial charge in [0, 0.05) is 49.6 Å². The van der Waals surface area contributed by atoms with Gasteiger partial charge in [-0.2, -0.15) is 5.10 Å². The molecule has 0 spiro atoms. The average Bonchev–Trinajstić information content (AvgIpc) is 3.11. The zero-order valence-corrected chi connectivity index (χ0v) is 16.1. The van der Waals surface area contributed by atoms with Gasteiger partial charge in [-0.3, -0.25) is 9.58 Å². The van der Waals surface area contributed by atoms with Crippen LogP contribution in [0.25, 0.3) is 0 Å². The molecular weight excluding hydrogens is 342 g/mol. The first kappa shape index (κ1) is 18.2. The molecule has 0 unspecified atom stereocenters. The number of benzene rings is 1. The molecule has 1 saturated heterocycles. The zero-order chi connectivity index (χ0) is 18.5. The number of nitrogens with zero attached hydrogens (tertiary/aromatic N) is 3. The second-order valence-electron chi connectivity index (χ2n) is 7.34. The fourth-order valence-corrected chi connectivity index (χ4v) is 4.07. The summed E-state index contributed by atoms with van der Waals surface area (Å²) in [6, 6.07) is 6.65. The number of fused-ring (bicyclic) bond motifs is 1. The number of hydrogen-bond acceptors (Lipinski definition) is 5. The van der Waals surface area contributed by atoms with E-state index in [2.05, 4.69) is 16.1 Å². The van der Waals surface area contributed by atoms with Crippen molar-refractivity contribution in [1.82, 2.24) is 14.7 Å². The molecule has 27 heavy (non-hydrogen) atoms. The third-order valence-electron chi connectivity index (χ3n) is 5.52. The van der Waals surface area contributed by atoms with E-state index in [0.717, 1.165) is 49.7 Å². The predicted molar refractivity (Wildman–Crippen MR) is 103 cm³/mol. The number of hydrogen-bond donors (Lipinski definition) is 0. The fraction of sp³-hybridized carbons (Fsp3) is 0.571. The summed E-state index contributed by atoms with van der Waals surface area (Å²) in [5.74, 6) is 2.52. The lowest BCUT2D eigenvalue weighted by Gasteiger charge is -2.36. The Morgan fingerprint density at radius 3 is 2.78 bits per heavy atom. The van der Waals surface area contributed by atoms with Crippen LogP contribution in [0.1, 0.15) is 37.7 Å². The maximum absolute atomic E-state index is 5.89. The molecule has 6 heteroatoms. The third kappa shape index (κ3) is 4.38. The molecule has 1 aromatic carbocycles. The van der Waals surface area contributed by atoms with Crippen molar-refractivity contribution in [2.24, 2.45) is 0 Å². The third-order valence-corrected chi connectivity index (χ3v) is 5.52. The van der Waals surface area contributed by atoms with E-state index < -0.39 is 0 Å². The van der Waals surface area contributed by atoms with E-state index in [1.54, 1.807) is 7.11 Å². The summed E-state index contributed by atoms with van der Waals surface area (Å²) in [6.45, 7) is 4.36. The van der Waals surface area contributed by atoms with Gasteiger partial charge in [-0.05, 0) is 37.9 Å². The second-order valence-corrected chi connectivity index (χ2v) is 7.34. The molecule has 1 atom stereocenters. The van der Waals surface area contributed by atoms with Crippen LogP contribution in [0.4, 0.5) is 0 Å². The quantitative estimate of drug-likeness (QED) is 0.778. The Morgan fingerprint density at radius 1 is 1.15 bits per heavy atom. The van der Waals surface area contributed by atoms with Crippen LogP contribution < -0.4 is 14.2 Å². The topological polar surface area (TPSA) is 48.8 Å². The van der Waals surface area contributed by atoms with Crippen LogP contribution >= 0.6 is 0 Å². The Balaban J connectivity index is 1.49. The molecular formula is C21H29N3O3. The Labute approximate surface area is 161 Å². The van der Waals surface area contributed by atoms with Gasteiger partial charge in [-0.25, -0.2) is 0 Å². The zero-order valence-electron chi connectivity index (χ0n) is 16.1. The summed E-state index contributed by atoms with van der Waals surface area (Å²) in [7, 11) is 1.73. The maximum Gasteiger partial charge on any atom is 0.164 e. The van der Waals surface area contributed by atoms with Crippen LogP contribution in [0, 0.1) is 0 Å². The van der Waals surface area contributed by atoms with Crippen molar-refractivity contribution in [3.8, 4) is 17.2 Å². The summed E-state index contributed by atoms with van der Waals surface area (Å²) in [5, 5.41) is 4.34. The summed E-state index contributed by atoms with van der Waals surface area (Å²) in [4.78, 5) is 2.59. The van der Waals surface area contributed by atoms with Gasteiger partial charge in [-0.1, -0.05) is 6.42 Å². The molecule has 0 radical (unpaired) electrons. The van der Waals surface area contributed by atoms with Crippen LogP contribution in [-0.2, 0) is 13.1 Å². The SMILES string of the molecule is COc1cc2c(cc1CN1CCCC[C@@H]1CCn1cccn1)OCCCO2. The second kappa shape index (κ2) is 8.65. The summed E-state index contributed by atoms with van der Waals surface area (Å²) >= 11 is 0. The highest BCUT2D eigenvalue weighted by atomic mass is 16.5. The molecule has 0 amide bonds. The van der Waals surface area contributed by atoms with Crippen molar-refractivity contribution in [2.45, 2.75) is 51.2 Å². The van der Waals surface area contributed by atoms with E-state index in [1.165, 1.54) is 24.8 Å².